The van der Waals surface area contributed by atoms with Crippen molar-refractivity contribution in [3.8, 4) is 0 Å². The summed E-state index contributed by atoms with van der Waals surface area (Å²) in [5.41, 5.74) is 0.685. The van der Waals surface area contributed by atoms with Gasteiger partial charge in [-0.05, 0) is 112 Å². The van der Waals surface area contributed by atoms with E-state index in [4.69, 9.17) is 0 Å². The third kappa shape index (κ3) is 2.52. The Bertz CT molecular complexity index is 430. The van der Waals surface area contributed by atoms with Crippen LogP contribution in [-0.2, 0) is 0 Å². The highest BCUT2D eigenvalue weighted by Crippen LogP contribution is 2.65. The molecule has 23 heavy (non-hydrogen) atoms. The standard InChI is InChI=1S/C22H39N/c1-14(2)20-9-10-21-19-7-5-15-13-16(23-4)6-8-17(15)18(19)11-12-22(20,21)3/h14-21,23H,5-13H2,1-4H3/t15-,16-,17+,18-,19-,20?,21+,22-/m1/s1. The molecule has 0 heterocycles. The summed E-state index contributed by atoms with van der Waals surface area (Å²) in [6, 6.07) is 0.818. The van der Waals surface area contributed by atoms with Gasteiger partial charge in [-0.3, -0.25) is 0 Å². The van der Waals surface area contributed by atoms with E-state index in [9.17, 15) is 0 Å². The summed E-state index contributed by atoms with van der Waals surface area (Å²) in [5.74, 6) is 7.28. The third-order valence-electron chi connectivity index (χ3n) is 9.24. The maximum atomic E-state index is 3.57. The Morgan fingerprint density at radius 2 is 1.65 bits per heavy atom. The average Bonchev–Trinajstić information content (AvgIpc) is 2.91. The fraction of sp³-hybridized carbons (Fsp3) is 1.00. The largest absolute Gasteiger partial charge is 0.317 e. The van der Waals surface area contributed by atoms with E-state index in [0.717, 1.165) is 47.5 Å². The highest BCUT2D eigenvalue weighted by Gasteiger charge is 2.57. The molecule has 0 spiro atoms. The van der Waals surface area contributed by atoms with Gasteiger partial charge >= 0.3 is 0 Å². The molecule has 132 valence electrons. The van der Waals surface area contributed by atoms with E-state index in [-0.39, 0.29) is 0 Å². The summed E-state index contributed by atoms with van der Waals surface area (Å²) in [6.07, 6.45) is 13.7. The molecule has 1 nitrogen and oxygen atoms in total. The predicted octanol–water partition coefficient (Wildman–Crippen LogP) is 5.50. The van der Waals surface area contributed by atoms with Gasteiger partial charge in [0, 0.05) is 6.04 Å². The molecule has 4 rings (SSSR count). The molecule has 0 aromatic rings. The van der Waals surface area contributed by atoms with Gasteiger partial charge in [-0.1, -0.05) is 20.8 Å². The second-order valence-corrected chi connectivity index (χ2v) is 10.2. The normalized spacial score (nSPS) is 52.8. The van der Waals surface area contributed by atoms with Crippen LogP contribution in [0.4, 0.5) is 0 Å². The second kappa shape index (κ2) is 6.04. The topological polar surface area (TPSA) is 12.0 Å². The summed E-state index contributed by atoms with van der Waals surface area (Å²) in [7, 11) is 2.17. The lowest BCUT2D eigenvalue weighted by atomic mass is 9.49. The molecule has 0 saturated heterocycles. The van der Waals surface area contributed by atoms with Gasteiger partial charge in [0.25, 0.3) is 0 Å². The number of hydrogen-bond acceptors (Lipinski definition) is 1. The van der Waals surface area contributed by atoms with E-state index in [0.29, 0.717) is 5.41 Å². The molecule has 0 aromatic carbocycles. The van der Waals surface area contributed by atoms with E-state index >= 15 is 0 Å². The Kier molecular flexibility index (Phi) is 4.32. The lowest BCUT2D eigenvalue weighted by Crippen LogP contribution is -2.50. The Morgan fingerprint density at radius 3 is 2.39 bits per heavy atom. The van der Waals surface area contributed by atoms with Gasteiger partial charge in [-0.2, -0.15) is 0 Å². The molecule has 8 atom stereocenters. The zero-order valence-corrected chi connectivity index (χ0v) is 16.0. The highest BCUT2D eigenvalue weighted by molar-refractivity contribution is 5.06. The molecule has 4 fully saturated rings. The first-order chi connectivity index (χ1) is 11.0. The molecule has 4 aliphatic rings. The van der Waals surface area contributed by atoms with Crippen molar-refractivity contribution >= 4 is 0 Å². The second-order valence-electron chi connectivity index (χ2n) is 10.2. The van der Waals surface area contributed by atoms with Crippen LogP contribution in [0.15, 0.2) is 0 Å². The molecule has 0 bridgehead atoms. The van der Waals surface area contributed by atoms with Crippen molar-refractivity contribution in [3.05, 3.63) is 0 Å². The molecule has 1 heteroatoms. The van der Waals surface area contributed by atoms with Crippen LogP contribution in [0.25, 0.3) is 0 Å². The number of hydrogen-bond donors (Lipinski definition) is 1. The molecular weight excluding hydrogens is 278 g/mol. The molecule has 4 aliphatic carbocycles. The van der Waals surface area contributed by atoms with Gasteiger partial charge < -0.3 is 5.32 Å². The van der Waals surface area contributed by atoms with Crippen LogP contribution in [0.5, 0.6) is 0 Å². The van der Waals surface area contributed by atoms with Gasteiger partial charge in [-0.15, -0.1) is 0 Å². The molecule has 4 saturated carbocycles. The maximum absolute atomic E-state index is 3.57. The first-order valence-electron chi connectivity index (χ1n) is 10.7. The third-order valence-corrected chi connectivity index (χ3v) is 9.24. The Balaban J connectivity index is 1.52. The zero-order chi connectivity index (χ0) is 16.2. The van der Waals surface area contributed by atoms with Crippen LogP contribution in [0.1, 0.15) is 78.6 Å². The minimum absolute atomic E-state index is 0.685. The van der Waals surface area contributed by atoms with E-state index < -0.39 is 0 Å². The average molecular weight is 318 g/mol. The fourth-order valence-electron chi connectivity index (χ4n) is 8.25. The molecule has 1 N–H and O–H groups in total. The minimum atomic E-state index is 0.685. The Labute approximate surface area is 144 Å². The van der Waals surface area contributed by atoms with E-state index in [2.05, 4.69) is 33.1 Å². The Morgan fingerprint density at radius 1 is 0.870 bits per heavy atom. The van der Waals surface area contributed by atoms with Crippen molar-refractivity contribution in [2.24, 2.45) is 46.8 Å². The summed E-state index contributed by atoms with van der Waals surface area (Å²) in [6.45, 7) is 7.66. The van der Waals surface area contributed by atoms with Crippen molar-refractivity contribution in [3.63, 3.8) is 0 Å². The lowest BCUT2D eigenvalue weighted by molar-refractivity contribution is -0.0699. The first-order valence-corrected chi connectivity index (χ1v) is 10.7. The molecule has 0 amide bonds. The summed E-state index contributed by atoms with van der Waals surface area (Å²) in [5, 5.41) is 3.57. The van der Waals surface area contributed by atoms with Gasteiger partial charge in [0.2, 0.25) is 0 Å². The van der Waals surface area contributed by atoms with E-state index in [1.807, 2.05) is 0 Å². The molecule has 0 radical (unpaired) electrons. The van der Waals surface area contributed by atoms with Crippen molar-refractivity contribution < 1.29 is 0 Å². The molecule has 1 unspecified atom stereocenters. The monoisotopic (exact) mass is 317 g/mol. The van der Waals surface area contributed by atoms with Crippen LogP contribution in [-0.4, -0.2) is 13.1 Å². The van der Waals surface area contributed by atoms with Crippen molar-refractivity contribution in [1.82, 2.24) is 5.32 Å². The van der Waals surface area contributed by atoms with Crippen LogP contribution in [0.2, 0.25) is 0 Å². The number of rotatable bonds is 2. The van der Waals surface area contributed by atoms with Crippen LogP contribution < -0.4 is 5.32 Å². The van der Waals surface area contributed by atoms with Crippen molar-refractivity contribution in [2.75, 3.05) is 7.05 Å². The minimum Gasteiger partial charge on any atom is -0.317 e. The number of fused-ring (bicyclic) bond motifs is 5. The molecule has 0 aromatic heterocycles. The molecule has 0 aliphatic heterocycles. The Hall–Kier alpha value is -0.0400. The predicted molar refractivity (Wildman–Crippen MR) is 98.3 cm³/mol. The number of nitrogens with one attached hydrogen (secondary N) is 1. The maximum Gasteiger partial charge on any atom is 0.00669 e. The van der Waals surface area contributed by atoms with Crippen LogP contribution >= 0.6 is 0 Å². The van der Waals surface area contributed by atoms with Crippen molar-refractivity contribution in [2.45, 2.75) is 84.6 Å². The highest BCUT2D eigenvalue weighted by atomic mass is 14.9. The SMILES string of the molecule is CN[C@@H]1CC[C@H]2[C@H](CC[C@@H]3[C@@H]2CC[C@]2(C)C(C(C)C)CC[C@@H]32)C1. The summed E-state index contributed by atoms with van der Waals surface area (Å²) in [4.78, 5) is 0. The van der Waals surface area contributed by atoms with Crippen LogP contribution in [0, 0.1) is 46.8 Å². The van der Waals surface area contributed by atoms with E-state index in [1.165, 1.54) is 25.7 Å². The van der Waals surface area contributed by atoms with Crippen molar-refractivity contribution in [1.29, 1.82) is 0 Å². The van der Waals surface area contributed by atoms with Crippen LogP contribution in [0.3, 0.4) is 0 Å². The smallest absolute Gasteiger partial charge is 0.00669 e. The van der Waals surface area contributed by atoms with Gasteiger partial charge in [0.1, 0.15) is 0 Å². The summed E-state index contributed by atoms with van der Waals surface area (Å²) >= 11 is 0. The van der Waals surface area contributed by atoms with E-state index in [1.54, 1.807) is 32.1 Å². The fourth-order valence-corrected chi connectivity index (χ4v) is 8.25. The van der Waals surface area contributed by atoms with Gasteiger partial charge in [0.15, 0.2) is 0 Å². The summed E-state index contributed by atoms with van der Waals surface area (Å²) < 4.78 is 0. The van der Waals surface area contributed by atoms with Gasteiger partial charge in [-0.25, -0.2) is 0 Å². The quantitative estimate of drug-likeness (QED) is 0.709. The zero-order valence-electron chi connectivity index (χ0n) is 16.0. The first kappa shape index (κ1) is 16.4. The van der Waals surface area contributed by atoms with Gasteiger partial charge in [0.05, 0.1) is 0 Å². The molecular formula is C22H39N. The lowest BCUT2D eigenvalue weighted by Gasteiger charge is -2.56.